The third-order valence-electron chi connectivity index (χ3n) is 4.96. The number of aliphatic hydroxyl groups is 1. The van der Waals surface area contributed by atoms with Crippen LogP contribution >= 0.6 is 0 Å². The van der Waals surface area contributed by atoms with Crippen molar-refractivity contribution < 1.29 is 29.3 Å². The summed E-state index contributed by atoms with van der Waals surface area (Å²) in [5.41, 5.74) is 0.0359. The number of benzene rings is 1. The van der Waals surface area contributed by atoms with Gasteiger partial charge in [0.25, 0.3) is 0 Å². The number of para-hydroxylation sites is 1. The number of hydrogen-bond acceptors (Lipinski definition) is 6. The molecule has 0 aliphatic heterocycles. The molecule has 3 unspecified atom stereocenters. The Hall–Kier alpha value is -2.81. The lowest BCUT2D eigenvalue weighted by Crippen LogP contribution is -2.53. The number of amides is 3. The first-order valence-corrected chi connectivity index (χ1v) is 11.3. The predicted molar refractivity (Wildman–Crippen MR) is 126 cm³/mol. The van der Waals surface area contributed by atoms with E-state index in [1.54, 1.807) is 45.9 Å². The topological polar surface area (TPSA) is 128 Å². The molecule has 0 aliphatic rings. The van der Waals surface area contributed by atoms with Crippen molar-refractivity contribution in [1.29, 1.82) is 0 Å². The first-order chi connectivity index (χ1) is 15.3. The molecule has 0 saturated carbocycles. The molecular weight excluding hydrogens is 426 g/mol. The summed E-state index contributed by atoms with van der Waals surface area (Å²) in [6.45, 7) is 11.6. The minimum Gasteiger partial charge on any atom is -0.507 e. The van der Waals surface area contributed by atoms with Crippen LogP contribution in [0, 0.1) is 6.92 Å². The molecule has 9 nitrogen and oxygen atoms in total. The smallest absolute Gasteiger partial charge is 0.408 e. The summed E-state index contributed by atoms with van der Waals surface area (Å²) in [6.07, 6.45) is 0.823. The fraction of sp³-hybridized carbons (Fsp3) is 0.625. The number of phenols is 1. The Morgan fingerprint density at radius 1 is 1.15 bits per heavy atom. The lowest BCUT2D eigenvalue weighted by Gasteiger charge is -2.34. The van der Waals surface area contributed by atoms with Crippen LogP contribution in [0.4, 0.5) is 4.79 Å². The summed E-state index contributed by atoms with van der Waals surface area (Å²) in [4.78, 5) is 40.0. The third kappa shape index (κ3) is 8.57. The molecule has 4 N–H and O–H groups in total. The van der Waals surface area contributed by atoms with E-state index in [1.165, 1.54) is 11.8 Å². The molecule has 0 saturated heterocycles. The van der Waals surface area contributed by atoms with Crippen molar-refractivity contribution in [3.8, 4) is 5.75 Å². The van der Waals surface area contributed by atoms with Crippen LogP contribution in [0.25, 0.3) is 0 Å². The Balaban J connectivity index is 3.34. The zero-order chi connectivity index (χ0) is 25.3. The number of carbonyl (C=O) groups is 3. The van der Waals surface area contributed by atoms with Crippen LogP contribution in [-0.4, -0.2) is 63.9 Å². The van der Waals surface area contributed by atoms with Crippen LogP contribution in [0.2, 0.25) is 0 Å². The Bertz CT molecular complexity index is 821. The van der Waals surface area contributed by atoms with E-state index >= 15 is 0 Å². The van der Waals surface area contributed by atoms with Gasteiger partial charge in [-0.15, -0.1) is 0 Å². The fourth-order valence-corrected chi connectivity index (χ4v) is 3.45. The van der Waals surface area contributed by atoms with E-state index in [0.717, 1.165) is 12.8 Å². The van der Waals surface area contributed by atoms with Gasteiger partial charge in [-0.3, -0.25) is 9.59 Å². The van der Waals surface area contributed by atoms with E-state index in [2.05, 4.69) is 10.6 Å². The van der Waals surface area contributed by atoms with Gasteiger partial charge in [-0.1, -0.05) is 31.5 Å². The first kappa shape index (κ1) is 28.2. The number of alkyl carbamates (subject to hydrolysis) is 1. The molecule has 0 bridgehead atoms. The van der Waals surface area contributed by atoms with E-state index < -0.39 is 42.2 Å². The monoisotopic (exact) mass is 465 g/mol. The number of rotatable bonds is 10. The van der Waals surface area contributed by atoms with Crippen molar-refractivity contribution >= 4 is 17.9 Å². The highest BCUT2D eigenvalue weighted by atomic mass is 16.6. The summed E-state index contributed by atoms with van der Waals surface area (Å²) in [5, 5.41) is 25.7. The number of aryl methyl sites for hydroxylation is 1. The molecule has 33 heavy (non-hydrogen) atoms. The van der Waals surface area contributed by atoms with Crippen LogP contribution in [-0.2, 0) is 14.3 Å². The van der Waals surface area contributed by atoms with Crippen molar-refractivity contribution in [1.82, 2.24) is 15.5 Å². The van der Waals surface area contributed by atoms with Crippen LogP contribution in [0.15, 0.2) is 18.2 Å². The molecule has 186 valence electrons. The molecule has 0 heterocycles. The van der Waals surface area contributed by atoms with Crippen LogP contribution in [0.1, 0.15) is 71.6 Å². The van der Waals surface area contributed by atoms with Crippen molar-refractivity contribution in [3.63, 3.8) is 0 Å². The molecule has 0 fully saturated rings. The van der Waals surface area contributed by atoms with E-state index in [9.17, 15) is 24.6 Å². The van der Waals surface area contributed by atoms with Gasteiger partial charge in [0.05, 0.1) is 6.61 Å². The maximum atomic E-state index is 13.3. The molecule has 1 aromatic rings. The van der Waals surface area contributed by atoms with Gasteiger partial charge < -0.3 is 30.5 Å². The molecule has 0 spiro atoms. The number of aliphatic hydroxyl groups excluding tert-OH is 1. The van der Waals surface area contributed by atoms with Gasteiger partial charge in [0.15, 0.2) is 0 Å². The number of nitrogens with zero attached hydrogens (tertiary/aromatic N) is 1. The van der Waals surface area contributed by atoms with E-state index in [-0.39, 0.29) is 23.9 Å². The van der Waals surface area contributed by atoms with Crippen molar-refractivity contribution in [2.45, 2.75) is 85.0 Å². The van der Waals surface area contributed by atoms with Gasteiger partial charge in [-0.2, -0.15) is 0 Å². The molecule has 1 aromatic carbocycles. The summed E-state index contributed by atoms with van der Waals surface area (Å²) in [6, 6.07) is 2.55. The average Bonchev–Trinajstić information content (AvgIpc) is 2.68. The quantitative estimate of drug-likeness (QED) is 0.421. The molecule has 3 atom stereocenters. The van der Waals surface area contributed by atoms with E-state index in [4.69, 9.17) is 4.74 Å². The Labute approximate surface area is 196 Å². The van der Waals surface area contributed by atoms with Gasteiger partial charge in [-0.05, 0) is 53.5 Å². The number of aromatic hydroxyl groups is 1. The highest BCUT2D eigenvalue weighted by Crippen LogP contribution is 2.32. The standard InChI is InChI=1S/C24H39N3O6/c1-8-10-16(3)25-21(30)19(18-12-9-11-15(2)20(18)29)27(13-14-28)22(31)17(4)26-23(32)33-24(5,6)7/h9,11-12,16-17,19,28-29H,8,10,13-14H2,1-7H3,(H,25,30)(H,26,32). The zero-order valence-electron chi connectivity index (χ0n) is 20.8. The minimum absolute atomic E-state index is 0.107. The maximum Gasteiger partial charge on any atom is 0.408 e. The highest BCUT2D eigenvalue weighted by Gasteiger charge is 2.36. The molecule has 3 amide bonds. The largest absolute Gasteiger partial charge is 0.507 e. The molecule has 0 aliphatic carbocycles. The van der Waals surface area contributed by atoms with Crippen LogP contribution < -0.4 is 10.6 Å². The summed E-state index contributed by atoms with van der Waals surface area (Å²) in [7, 11) is 0. The van der Waals surface area contributed by atoms with E-state index in [0.29, 0.717) is 5.56 Å². The Morgan fingerprint density at radius 3 is 2.33 bits per heavy atom. The van der Waals surface area contributed by atoms with Gasteiger partial charge in [0, 0.05) is 18.2 Å². The second kappa shape index (κ2) is 12.4. The number of phenolic OH excluding ortho intramolecular Hbond substituents is 1. The normalized spacial score (nSPS) is 14.1. The fourth-order valence-electron chi connectivity index (χ4n) is 3.45. The summed E-state index contributed by atoms with van der Waals surface area (Å²) in [5.74, 6) is -1.19. The average molecular weight is 466 g/mol. The molecule has 1 rings (SSSR count). The lowest BCUT2D eigenvalue weighted by atomic mass is 9.99. The number of carbonyl (C=O) groups excluding carboxylic acids is 3. The van der Waals surface area contributed by atoms with Gasteiger partial charge in [0.1, 0.15) is 23.4 Å². The van der Waals surface area contributed by atoms with Crippen molar-refractivity contribution in [2.75, 3.05) is 13.2 Å². The van der Waals surface area contributed by atoms with E-state index in [1.807, 2.05) is 13.8 Å². The number of nitrogens with one attached hydrogen (secondary N) is 2. The van der Waals surface area contributed by atoms with Crippen LogP contribution in [0.5, 0.6) is 5.75 Å². The molecular formula is C24H39N3O6. The lowest BCUT2D eigenvalue weighted by molar-refractivity contribution is -0.143. The maximum absolute atomic E-state index is 13.3. The van der Waals surface area contributed by atoms with Crippen molar-refractivity contribution in [2.24, 2.45) is 0 Å². The molecule has 0 radical (unpaired) electrons. The first-order valence-electron chi connectivity index (χ1n) is 11.3. The molecule has 0 aromatic heterocycles. The number of hydrogen-bond donors (Lipinski definition) is 4. The van der Waals surface area contributed by atoms with Gasteiger partial charge >= 0.3 is 6.09 Å². The third-order valence-corrected chi connectivity index (χ3v) is 4.96. The van der Waals surface area contributed by atoms with Crippen LogP contribution in [0.3, 0.4) is 0 Å². The minimum atomic E-state index is -1.20. The zero-order valence-corrected chi connectivity index (χ0v) is 20.8. The Kier molecular flexibility index (Phi) is 10.6. The number of ether oxygens (including phenoxy) is 1. The predicted octanol–water partition coefficient (Wildman–Crippen LogP) is 2.78. The van der Waals surface area contributed by atoms with Gasteiger partial charge in [-0.25, -0.2) is 4.79 Å². The summed E-state index contributed by atoms with van der Waals surface area (Å²) < 4.78 is 5.22. The highest BCUT2D eigenvalue weighted by molar-refractivity contribution is 5.92. The van der Waals surface area contributed by atoms with Crippen molar-refractivity contribution in [3.05, 3.63) is 29.3 Å². The summed E-state index contributed by atoms with van der Waals surface area (Å²) >= 11 is 0. The second-order valence-corrected chi connectivity index (χ2v) is 9.24. The Morgan fingerprint density at radius 2 is 1.79 bits per heavy atom. The van der Waals surface area contributed by atoms with Gasteiger partial charge in [0.2, 0.25) is 11.8 Å². The molecule has 9 heteroatoms. The second-order valence-electron chi connectivity index (χ2n) is 9.24. The SMILES string of the molecule is CCCC(C)NC(=O)C(c1cccc(C)c1O)N(CCO)C(=O)C(C)NC(=O)OC(C)(C)C.